The van der Waals surface area contributed by atoms with Crippen LogP contribution in [0.2, 0.25) is 0 Å². The van der Waals surface area contributed by atoms with Gasteiger partial charge in [0.2, 0.25) is 0 Å². The molecule has 0 bridgehead atoms. The molecule has 0 fully saturated rings. The summed E-state index contributed by atoms with van der Waals surface area (Å²) < 4.78 is 0. The van der Waals surface area contributed by atoms with Gasteiger partial charge in [0.1, 0.15) is 0 Å². The normalized spacial score (nSPS) is 11.4. The first-order valence-corrected chi connectivity index (χ1v) is 4.50. The van der Waals surface area contributed by atoms with Crippen LogP contribution in [0, 0.1) is 6.08 Å². The molecule has 0 atom stereocenters. The van der Waals surface area contributed by atoms with Crippen LogP contribution < -0.4 is 10.2 Å². The van der Waals surface area contributed by atoms with Crippen LogP contribution in [-0.4, -0.2) is 12.2 Å². The molecule has 0 N–H and O–H groups in total. The molecule has 0 aliphatic heterocycles. The second kappa shape index (κ2) is 15.5. The Morgan fingerprint density at radius 2 is 1.43 bits per heavy atom. The fourth-order valence-corrected chi connectivity index (χ4v) is 0.340. The summed E-state index contributed by atoms with van der Waals surface area (Å²) >= 11 is 0. The van der Waals surface area contributed by atoms with E-state index in [2.05, 4.69) is 12.2 Å². The van der Waals surface area contributed by atoms with Crippen molar-refractivity contribution < 1.29 is 28.8 Å². The van der Waals surface area contributed by atoms with Gasteiger partial charge >= 0.3 is 18.6 Å². The summed E-state index contributed by atoms with van der Waals surface area (Å²) in [6.07, 6.45) is 9.17. The molecule has 1 aliphatic rings. The van der Waals surface area contributed by atoms with Crippen molar-refractivity contribution in [2.24, 2.45) is 0 Å². The van der Waals surface area contributed by atoms with Gasteiger partial charge in [0.05, 0.1) is 0 Å². The maximum atomic E-state index is 9.53. The minimum absolute atomic E-state index is 0. The van der Waals surface area contributed by atoms with Gasteiger partial charge in [-0.2, -0.15) is 6.08 Å². The molecular formula is C11H19O2V-. The minimum atomic E-state index is -0.417. The van der Waals surface area contributed by atoms with E-state index < -0.39 is 12.2 Å². The van der Waals surface area contributed by atoms with Gasteiger partial charge in [-0.1, -0.05) is 27.7 Å². The van der Waals surface area contributed by atoms with Gasteiger partial charge in [-0.25, -0.2) is 12.2 Å². The quantitative estimate of drug-likeness (QED) is 0.582. The average molecular weight is 234 g/mol. The predicted molar refractivity (Wildman–Crippen MR) is 51.8 cm³/mol. The van der Waals surface area contributed by atoms with Crippen molar-refractivity contribution in [1.82, 2.24) is 0 Å². The first-order valence-electron chi connectivity index (χ1n) is 4.50. The van der Waals surface area contributed by atoms with Crippen molar-refractivity contribution in [3.63, 3.8) is 0 Å². The molecule has 14 heavy (non-hydrogen) atoms. The van der Waals surface area contributed by atoms with Crippen LogP contribution in [0.1, 0.15) is 34.1 Å². The molecule has 0 aromatic rings. The van der Waals surface area contributed by atoms with Crippen molar-refractivity contribution in [1.29, 1.82) is 0 Å². The SMILES string of the molecule is CC(C)[O-].CC(C)[O-].[C-]1=CC=CC1.[V+2]. The summed E-state index contributed by atoms with van der Waals surface area (Å²) in [6.45, 7) is 6.44. The largest absolute Gasteiger partial charge is 2.00 e. The predicted octanol–water partition coefficient (Wildman–Crippen LogP) is 0.813. The van der Waals surface area contributed by atoms with Crippen molar-refractivity contribution >= 4 is 0 Å². The summed E-state index contributed by atoms with van der Waals surface area (Å²) in [5, 5.41) is 19.1. The van der Waals surface area contributed by atoms with Crippen LogP contribution in [0.4, 0.5) is 0 Å². The Balaban J connectivity index is -0.000000127. The van der Waals surface area contributed by atoms with Gasteiger partial charge in [-0.3, -0.25) is 6.08 Å². The van der Waals surface area contributed by atoms with E-state index in [1.54, 1.807) is 27.7 Å². The second-order valence-electron chi connectivity index (χ2n) is 3.10. The fraction of sp³-hybridized carbons (Fsp3) is 0.636. The molecular weight excluding hydrogens is 215 g/mol. The number of rotatable bonds is 0. The topological polar surface area (TPSA) is 46.1 Å². The maximum absolute atomic E-state index is 9.53. The molecule has 0 unspecified atom stereocenters. The molecule has 1 rings (SSSR count). The van der Waals surface area contributed by atoms with Gasteiger partial charge < -0.3 is 10.2 Å². The third-order valence-corrected chi connectivity index (χ3v) is 0.586. The van der Waals surface area contributed by atoms with E-state index in [0.717, 1.165) is 6.42 Å². The number of hydrogen-bond donors (Lipinski definition) is 0. The van der Waals surface area contributed by atoms with Crippen LogP contribution >= 0.6 is 0 Å². The third kappa shape index (κ3) is 58.2. The van der Waals surface area contributed by atoms with Crippen molar-refractivity contribution in [2.45, 2.75) is 46.3 Å². The van der Waals surface area contributed by atoms with Crippen LogP contribution in [0.5, 0.6) is 0 Å². The van der Waals surface area contributed by atoms with Crippen LogP contribution in [0.15, 0.2) is 18.2 Å². The zero-order chi connectivity index (χ0) is 10.7. The molecule has 0 aromatic carbocycles. The first kappa shape index (κ1) is 19.5. The molecule has 0 saturated heterocycles. The molecule has 0 amide bonds. The Hall–Kier alpha value is -0.0156. The van der Waals surface area contributed by atoms with Gasteiger partial charge in [-0.15, -0.1) is 18.6 Å². The minimum Gasteiger partial charge on any atom is -0.852 e. The van der Waals surface area contributed by atoms with E-state index in [0.29, 0.717) is 0 Å². The summed E-state index contributed by atoms with van der Waals surface area (Å²) in [5.74, 6) is 0. The Morgan fingerprint density at radius 1 is 1.07 bits per heavy atom. The van der Waals surface area contributed by atoms with Crippen LogP contribution in [-0.2, 0) is 18.6 Å². The zero-order valence-corrected chi connectivity index (χ0v) is 10.8. The molecule has 1 radical (unpaired) electrons. The Bertz CT molecular complexity index is 119. The molecule has 0 spiro atoms. The summed E-state index contributed by atoms with van der Waals surface area (Å²) in [5.41, 5.74) is 0. The Labute approximate surface area is 99.6 Å². The average Bonchev–Trinajstić information content (AvgIpc) is 2.35. The third-order valence-electron chi connectivity index (χ3n) is 0.586. The Kier molecular flexibility index (Phi) is 21.6. The standard InChI is InChI=1S/C5H5.2C3H7O.V/c1-2-4-5-3-1;2*1-3(2)4;/h1-3H,4H2;2*3H,1-2H3;/q3*-1;+2. The molecule has 0 saturated carbocycles. The van der Waals surface area contributed by atoms with E-state index in [4.69, 9.17) is 0 Å². The first-order chi connectivity index (χ1) is 5.96. The van der Waals surface area contributed by atoms with E-state index in [1.165, 1.54) is 0 Å². The maximum Gasteiger partial charge on any atom is 2.00 e. The van der Waals surface area contributed by atoms with Crippen molar-refractivity contribution in [2.75, 3.05) is 0 Å². The van der Waals surface area contributed by atoms with Gasteiger partial charge in [0.25, 0.3) is 0 Å². The second-order valence-corrected chi connectivity index (χ2v) is 3.10. The van der Waals surface area contributed by atoms with E-state index >= 15 is 0 Å². The fourth-order valence-electron chi connectivity index (χ4n) is 0.340. The monoisotopic (exact) mass is 234 g/mol. The van der Waals surface area contributed by atoms with E-state index in [9.17, 15) is 10.2 Å². The molecule has 2 nitrogen and oxygen atoms in total. The van der Waals surface area contributed by atoms with E-state index in [1.807, 2.05) is 12.2 Å². The molecule has 1 aliphatic carbocycles. The Morgan fingerprint density at radius 3 is 1.50 bits per heavy atom. The molecule has 81 valence electrons. The van der Waals surface area contributed by atoms with Crippen LogP contribution in [0.3, 0.4) is 0 Å². The van der Waals surface area contributed by atoms with Gasteiger partial charge in [-0.05, 0) is 0 Å². The zero-order valence-electron chi connectivity index (χ0n) is 9.36. The molecule has 0 heterocycles. The smallest absolute Gasteiger partial charge is 0.852 e. The number of hydrogen-bond acceptors (Lipinski definition) is 2. The van der Waals surface area contributed by atoms with Crippen molar-refractivity contribution in [3.8, 4) is 0 Å². The van der Waals surface area contributed by atoms with Crippen LogP contribution in [0.25, 0.3) is 0 Å². The number of allylic oxidation sites excluding steroid dienone is 4. The molecule has 0 aromatic heterocycles. The van der Waals surface area contributed by atoms with E-state index in [-0.39, 0.29) is 18.6 Å². The van der Waals surface area contributed by atoms with Gasteiger partial charge in [0, 0.05) is 0 Å². The summed E-state index contributed by atoms with van der Waals surface area (Å²) in [4.78, 5) is 0. The van der Waals surface area contributed by atoms with Gasteiger partial charge in [0.15, 0.2) is 0 Å². The molecule has 3 heteroatoms. The summed E-state index contributed by atoms with van der Waals surface area (Å²) in [6, 6.07) is 0. The summed E-state index contributed by atoms with van der Waals surface area (Å²) in [7, 11) is 0. The van der Waals surface area contributed by atoms with Crippen molar-refractivity contribution in [3.05, 3.63) is 24.3 Å².